The van der Waals surface area contributed by atoms with Gasteiger partial charge in [-0.05, 0) is 26.8 Å². The lowest BCUT2D eigenvalue weighted by Gasteiger charge is -2.17. The van der Waals surface area contributed by atoms with Crippen LogP contribution in [0.5, 0.6) is 0 Å². The maximum absolute atomic E-state index is 4.86. The van der Waals surface area contributed by atoms with Crippen molar-refractivity contribution in [1.82, 2.24) is 30.5 Å². The van der Waals surface area contributed by atoms with Crippen molar-refractivity contribution in [3.63, 3.8) is 0 Å². The summed E-state index contributed by atoms with van der Waals surface area (Å²) in [6.07, 6.45) is 1.81. The second kappa shape index (κ2) is 7.21. The third-order valence-corrected chi connectivity index (χ3v) is 4.57. The average molecular weight is 349 g/mol. The lowest BCUT2D eigenvalue weighted by atomic mass is 10.1. The van der Waals surface area contributed by atoms with Crippen molar-refractivity contribution in [2.75, 3.05) is 18.4 Å². The fourth-order valence-electron chi connectivity index (χ4n) is 3.20. The van der Waals surface area contributed by atoms with E-state index < -0.39 is 0 Å². The van der Waals surface area contributed by atoms with Crippen LogP contribution in [0.4, 0.5) is 5.82 Å². The molecule has 0 fully saturated rings. The Bertz CT molecular complexity index is 888. The van der Waals surface area contributed by atoms with Crippen molar-refractivity contribution in [3.05, 3.63) is 53.2 Å². The topological polar surface area (TPSA) is 91.4 Å². The van der Waals surface area contributed by atoms with E-state index in [1.54, 1.807) is 0 Å². The molecule has 1 aliphatic rings. The zero-order chi connectivity index (χ0) is 17.9. The van der Waals surface area contributed by atoms with Gasteiger partial charge in [0.2, 0.25) is 0 Å². The molecule has 0 radical (unpaired) electrons. The fraction of sp³-hybridized carbons (Fsp3) is 0.368. The normalized spacial score (nSPS) is 15.2. The Morgan fingerprint density at radius 3 is 2.62 bits per heavy atom. The number of rotatable bonds is 4. The number of nitrogens with one attached hydrogen (secondary N) is 3. The highest BCUT2D eigenvalue weighted by atomic mass is 15.2. The number of fused-ring (bicyclic) bond motifs is 1. The van der Waals surface area contributed by atoms with E-state index >= 15 is 0 Å². The number of aromatic nitrogens is 5. The average Bonchev–Trinajstić information content (AvgIpc) is 2.96. The monoisotopic (exact) mass is 349 g/mol. The van der Waals surface area contributed by atoms with E-state index in [0.717, 1.165) is 60.5 Å². The van der Waals surface area contributed by atoms with Crippen LogP contribution in [0.2, 0.25) is 0 Å². The molecule has 1 aromatic carbocycles. The molecule has 3 N–H and O–H groups in total. The van der Waals surface area contributed by atoms with Crippen LogP contribution in [-0.4, -0.2) is 38.2 Å². The Kier molecular flexibility index (Phi) is 4.62. The van der Waals surface area contributed by atoms with Gasteiger partial charge in [-0.2, -0.15) is 5.10 Å². The zero-order valence-corrected chi connectivity index (χ0v) is 15.1. The van der Waals surface area contributed by atoms with Crippen molar-refractivity contribution in [1.29, 1.82) is 0 Å². The van der Waals surface area contributed by atoms with Gasteiger partial charge >= 0.3 is 0 Å². The van der Waals surface area contributed by atoms with Gasteiger partial charge in [-0.25, -0.2) is 15.0 Å². The lowest BCUT2D eigenvalue weighted by molar-refractivity contribution is 0.708. The standard InChI is InChI=1S/C19H23N7/c1-12(17-22-13(2)25-26-17)21-19-15-8-10-20-11-9-16(15)23-18(24-19)14-6-4-3-5-7-14/h3-7,12,20H,8-11H2,1-2H3,(H,21,23,24)(H,22,25,26)/t12-/m1/s1. The Morgan fingerprint density at radius 1 is 1.04 bits per heavy atom. The highest BCUT2D eigenvalue weighted by molar-refractivity contribution is 5.60. The van der Waals surface area contributed by atoms with Gasteiger partial charge in [0.05, 0.1) is 11.7 Å². The molecule has 0 bridgehead atoms. The predicted octanol–water partition coefficient (Wildman–Crippen LogP) is 2.43. The first-order valence-corrected chi connectivity index (χ1v) is 9.02. The highest BCUT2D eigenvalue weighted by Gasteiger charge is 2.20. The van der Waals surface area contributed by atoms with Crippen LogP contribution < -0.4 is 10.6 Å². The molecule has 3 heterocycles. The van der Waals surface area contributed by atoms with E-state index in [1.165, 1.54) is 5.56 Å². The van der Waals surface area contributed by atoms with Crippen LogP contribution in [0.15, 0.2) is 30.3 Å². The quantitative estimate of drug-likeness (QED) is 0.670. The van der Waals surface area contributed by atoms with E-state index in [1.807, 2.05) is 44.2 Å². The summed E-state index contributed by atoms with van der Waals surface area (Å²) in [6.45, 7) is 5.82. The summed E-state index contributed by atoms with van der Waals surface area (Å²) in [7, 11) is 0. The van der Waals surface area contributed by atoms with Crippen LogP contribution in [0.25, 0.3) is 11.4 Å². The number of aromatic amines is 1. The Labute approximate surface area is 152 Å². The highest BCUT2D eigenvalue weighted by Crippen LogP contribution is 2.26. The Hall–Kier alpha value is -2.80. The summed E-state index contributed by atoms with van der Waals surface area (Å²) in [5, 5.41) is 14.1. The minimum Gasteiger partial charge on any atom is -0.360 e. The van der Waals surface area contributed by atoms with Gasteiger partial charge in [0.25, 0.3) is 0 Å². The number of hydrogen-bond acceptors (Lipinski definition) is 6. The molecule has 0 saturated carbocycles. The van der Waals surface area contributed by atoms with E-state index in [9.17, 15) is 0 Å². The summed E-state index contributed by atoms with van der Waals surface area (Å²) in [5.74, 6) is 3.19. The zero-order valence-electron chi connectivity index (χ0n) is 15.1. The number of benzene rings is 1. The van der Waals surface area contributed by atoms with Gasteiger partial charge in [-0.3, -0.25) is 5.10 Å². The molecule has 134 valence electrons. The first-order valence-electron chi connectivity index (χ1n) is 9.02. The Balaban J connectivity index is 1.73. The summed E-state index contributed by atoms with van der Waals surface area (Å²) in [5.41, 5.74) is 3.33. The maximum atomic E-state index is 4.86. The molecule has 1 atom stereocenters. The summed E-state index contributed by atoms with van der Waals surface area (Å²) >= 11 is 0. The number of H-pyrrole nitrogens is 1. The molecule has 3 aromatic rings. The third kappa shape index (κ3) is 3.43. The third-order valence-electron chi connectivity index (χ3n) is 4.57. The van der Waals surface area contributed by atoms with Crippen molar-refractivity contribution < 1.29 is 0 Å². The Morgan fingerprint density at radius 2 is 1.85 bits per heavy atom. The first-order chi connectivity index (χ1) is 12.7. The lowest BCUT2D eigenvalue weighted by Crippen LogP contribution is -2.16. The molecule has 0 amide bonds. The molecule has 7 heteroatoms. The minimum atomic E-state index is -0.0428. The van der Waals surface area contributed by atoms with Crippen LogP contribution in [0.1, 0.15) is 35.9 Å². The summed E-state index contributed by atoms with van der Waals surface area (Å²) in [4.78, 5) is 14.1. The van der Waals surface area contributed by atoms with Crippen molar-refractivity contribution in [3.8, 4) is 11.4 Å². The van der Waals surface area contributed by atoms with Gasteiger partial charge in [0.1, 0.15) is 11.6 Å². The van der Waals surface area contributed by atoms with Crippen molar-refractivity contribution in [2.24, 2.45) is 0 Å². The number of anilines is 1. The van der Waals surface area contributed by atoms with Crippen molar-refractivity contribution in [2.45, 2.75) is 32.7 Å². The molecule has 0 aliphatic carbocycles. The predicted molar refractivity (Wildman–Crippen MR) is 101 cm³/mol. The van der Waals surface area contributed by atoms with Crippen LogP contribution in [0, 0.1) is 6.92 Å². The molecule has 0 spiro atoms. The molecule has 26 heavy (non-hydrogen) atoms. The molecule has 0 unspecified atom stereocenters. The fourth-order valence-corrected chi connectivity index (χ4v) is 3.20. The summed E-state index contributed by atoms with van der Waals surface area (Å²) < 4.78 is 0. The van der Waals surface area contributed by atoms with E-state index in [0.29, 0.717) is 0 Å². The van der Waals surface area contributed by atoms with E-state index in [2.05, 4.69) is 25.8 Å². The second-order valence-electron chi connectivity index (χ2n) is 6.58. The number of aryl methyl sites for hydroxylation is 1. The van der Waals surface area contributed by atoms with Crippen LogP contribution in [-0.2, 0) is 12.8 Å². The van der Waals surface area contributed by atoms with Crippen LogP contribution >= 0.6 is 0 Å². The molecular formula is C19H23N7. The molecular weight excluding hydrogens is 326 g/mol. The molecule has 0 saturated heterocycles. The van der Waals surface area contributed by atoms with E-state index in [-0.39, 0.29) is 6.04 Å². The molecule has 1 aliphatic heterocycles. The van der Waals surface area contributed by atoms with Crippen molar-refractivity contribution >= 4 is 5.82 Å². The van der Waals surface area contributed by atoms with Crippen LogP contribution in [0.3, 0.4) is 0 Å². The van der Waals surface area contributed by atoms with Gasteiger partial charge < -0.3 is 10.6 Å². The molecule has 4 rings (SSSR count). The number of nitrogens with zero attached hydrogens (tertiary/aromatic N) is 4. The largest absolute Gasteiger partial charge is 0.360 e. The number of hydrogen-bond donors (Lipinski definition) is 3. The van der Waals surface area contributed by atoms with Gasteiger partial charge in [0.15, 0.2) is 11.6 Å². The molecule has 7 nitrogen and oxygen atoms in total. The summed E-state index contributed by atoms with van der Waals surface area (Å²) in [6, 6.07) is 10.1. The SMILES string of the molecule is Cc1nc([C@@H](C)Nc2nc(-c3ccccc3)nc3c2CCNCC3)n[nH]1. The van der Waals surface area contributed by atoms with Gasteiger partial charge in [0, 0.05) is 24.1 Å². The second-order valence-corrected chi connectivity index (χ2v) is 6.58. The van der Waals surface area contributed by atoms with Gasteiger partial charge in [-0.15, -0.1) is 0 Å². The van der Waals surface area contributed by atoms with E-state index in [4.69, 9.17) is 9.97 Å². The minimum absolute atomic E-state index is 0.0428. The van der Waals surface area contributed by atoms with Gasteiger partial charge in [-0.1, -0.05) is 30.3 Å². The maximum Gasteiger partial charge on any atom is 0.172 e. The molecule has 2 aromatic heterocycles. The first kappa shape index (κ1) is 16.7. The smallest absolute Gasteiger partial charge is 0.172 e.